The van der Waals surface area contributed by atoms with Gasteiger partial charge in [0, 0.05) is 43.6 Å². The highest BCUT2D eigenvalue weighted by atomic mass is 16.6. The summed E-state index contributed by atoms with van der Waals surface area (Å²) >= 11 is 0. The maximum Gasteiger partial charge on any atom is 0.269 e. The second-order valence-electron chi connectivity index (χ2n) is 5.43. The van der Waals surface area contributed by atoms with Crippen molar-refractivity contribution in [2.24, 2.45) is 0 Å². The molecule has 1 aromatic rings. The molecule has 2 aliphatic heterocycles. The van der Waals surface area contributed by atoms with Crippen molar-refractivity contribution < 1.29 is 9.72 Å². The smallest absolute Gasteiger partial charge is 0.269 e. The molecule has 2 unspecified atom stereocenters. The first-order valence-electron chi connectivity index (χ1n) is 6.64. The molecule has 2 fully saturated rings. The van der Waals surface area contributed by atoms with Gasteiger partial charge in [-0.25, -0.2) is 0 Å². The van der Waals surface area contributed by atoms with Crippen molar-refractivity contribution in [1.29, 1.82) is 0 Å². The number of non-ortho nitro benzene ring substituents is 1. The second kappa shape index (κ2) is 4.74. The van der Waals surface area contributed by atoms with Crippen LogP contribution in [0.4, 0.5) is 5.69 Å². The Bertz CT molecular complexity index is 513. The Balaban J connectivity index is 1.77. The maximum atomic E-state index is 11.5. The van der Waals surface area contributed by atoms with Crippen LogP contribution in [0.15, 0.2) is 24.3 Å². The first-order valence-corrected chi connectivity index (χ1v) is 6.64. The second-order valence-corrected chi connectivity index (χ2v) is 5.43. The van der Waals surface area contributed by atoms with Crippen molar-refractivity contribution in [3.8, 4) is 0 Å². The quantitative estimate of drug-likeness (QED) is 0.618. The van der Waals surface area contributed by atoms with Gasteiger partial charge in [-0.15, -0.1) is 0 Å². The maximum absolute atomic E-state index is 11.5. The summed E-state index contributed by atoms with van der Waals surface area (Å²) in [5, 5.41) is 10.8. The fourth-order valence-corrected chi connectivity index (χ4v) is 3.30. The number of nitro benzene ring substituents is 1. The molecule has 2 bridgehead atoms. The number of piperidine rings is 1. The number of fused-ring (bicyclic) bond motifs is 2. The van der Waals surface area contributed by atoms with Gasteiger partial charge in [0.15, 0.2) is 0 Å². The number of hydrogen-bond acceptors (Lipinski definition) is 4. The summed E-state index contributed by atoms with van der Waals surface area (Å²) in [5.41, 5.74) is 1.10. The van der Waals surface area contributed by atoms with Crippen LogP contribution >= 0.6 is 0 Å². The van der Waals surface area contributed by atoms with Crippen molar-refractivity contribution in [3.05, 3.63) is 39.9 Å². The highest BCUT2D eigenvalue weighted by Gasteiger charge is 2.39. The molecule has 19 heavy (non-hydrogen) atoms. The largest absolute Gasteiger partial charge is 0.300 e. The fourth-order valence-electron chi connectivity index (χ4n) is 3.30. The summed E-state index contributed by atoms with van der Waals surface area (Å²) in [7, 11) is 0. The topological polar surface area (TPSA) is 63.5 Å². The number of nitro groups is 1. The van der Waals surface area contributed by atoms with E-state index in [1.165, 1.54) is 6.07 Å². The lowest BCUT2D eigenvalue weighted by atomic mass is 10.0. The Morgan fingerprint density at radius 1 is 1.26 bits per heavy atom. The van der Waals surface area contributed by atoms with Gasteiger partial charge in [-0.2, -0.15) is 0 Å². The van der Waals surface area contributed by atoms with Crippen LogP contribution in [0, 0.1) is 10.1 Å². The zero-order valence-electron chi connectivity index (χ0n) is 10.6. The molecule has 5 nitrogen and oxygen atoms in total. The van der Waals surface area contributed by atoms with E-state index in [2.05, 4.69) is 4.90 Å². The number of benzene rings is 1. The highest BCUT2D eigenvalue weighted by Crippen LogP contribution is 2.35. The number of ketones is 1. The minimum absolute atomic E-state index is 0.137. The molecule has 5 heteroatoms. The predicted molar refractivity (Wildman–Crippen MR) is 69.7 cm³/mol. The lowest BCUT2D eigenvalue weighted by molar-refractivity contribution is -0.384. The Labute approximate surface area is 111 Å². The Morgan fingerprint density at radius 2 is 1.95 bits per heavy atom. The van der Waals surface area contributed by atoms with Crippen molar-refractivity contribution >= 4 is 11.5 Å². The van der Waals surface area contributed by atoms with Gasteiger partial charge in [0.05, 0.1) is 4.92 Å². The Morgan fingerprint density at radius 3 is 2.58 bits per heavy atom. The predicted octanol–water partition coefficient (Wildman–Crippen LogP) is 2.29. The van der Waals surface area contributed by atoms with Gasteiger partial charge in [0.25, 0.3) is 5.69 Å². The minimum Gasteiger partial charge on any atom is -0.300 e. The van der Waals surface area contributed by atoms with Gasteiger partial charge in [-0.1, -0.05) is 12.1 Å². The third-order valence-corrected chi connectivity index (χ3v) is 4.18. The lowest BCUT2D eigenvalue weighted by Gasteiger charge is -2.33. The van der Waals surface area contributed by atoms with Gasteiger partial charge in [0.2, 0.25) is 0 Å². The molecule has 2 aliphatic rings. The van der Waals surface area contributed by atoms with Gasteiger partial charge in [-0.05, 0) is 18.4 Å². The molecule has 2 heterocycles. The van der Waals surface area contributed by atoms with E-state index in [0.29, 0.717) is 37.3 Å². The molecule has 2 atom stereocenters. The van der Waals surface area contributed by atoms with E-state index in [0.717, 1.165) is 18.4 Å². The zero-order chi connectivity index (χ0) is 13.4. The van der Waals surface area contributed by atoms with E-state index in [4.69, 9.17) is 0 Å². The average molecular weight is 260 g/mol. The van der Waals surface area contributed by atoms with Crippen LogP contribution in [-0.4, -0.2) is 27.7 Å². The van der Waals surface area contributed by atoms with Crippen LogP contribution in [0.25, 0.3) is 0 Å². The van der Waals surface area contributed by atoms with E-state index in [9.17, 15) is 14.9 Å². The number of carbonyl (C=O) groups is 1. The van der Waals surface area contributed by atoms with Crippen LogP contribution in [0.1, 0.15) is 31.2 Å². The molecule has 0 aromatic heterocycles. The molecule has 0 amide bonds. The Hall–Kier alpha value is -1.75. The van der Waals surface area contributed by atoms with Crippen LogP contribution in [0.3, 0.4) is 0 Å². The summed E-state index contributed by atoms with van der Waals surface area (Å²) in [4.78, 5) is 24.3. The van der Waals surface area contributed by atoms with E-state index in [1.807, 2.05) is 6.07 Å². The van der Waals surface area contributed by atoms with E-state index >= 15 is 0 Å². The van der Waals surface area contributed by atoms with Gasteiger partial charge in [-0.3, -0.25) is 19.8 Å². The van der Waals surface area contributed by atoms with Crippen LogP contribution in [-0.2, 0) is 11.3 Å². The number of Topliss-reactive ketones (excluding diaryl/α,β-unsaturated/α-hetero) is 1. The molecule has 2 saturated heterocycles. The zero-order valence-corrected chi connectivity index (χ0v) is 10.6. The minimum atomic E-state index is -0.363. The van der Waals surface area contributed by atoms with Gasteiger partial charge in [0.1, 0.15) is 5.78 Å². The number of carbonyl (C=O) groups excluding carboxylic acids is 1. The normalized spacial score (nSPS) is 26.6. The summed E-state index contributed by atoms with van der Waals surface area (Å²) in [6.07, 6.45) is 3.44. The van der Waals surface area contributed by atoms with Crippen molar-refractivity contribution in [2.75, 3.05) is 0 Å². The fraction of sp³-hybridized carbons (Fsp3) is 0.500. The first-order chi connectivity index (χ1) is 9.13. The average Bonchev–Trinajstić information content (AvgIpc) is 2.62. The van der Waals surface area contributed by atoms with E-state index < -0.39 is 0 Å². The van der Waals surface area contributed by atoms with Crippen molar-refractivity contribution in [3.63, 3.8) is 0 Å². The van der Waals surface area contributed by atoms with Crippen molar-refractivity contribution in [2.45, 2.75) is 44.3 Å². The molecule has 0 spiro atoms. The molecule has 0 radical (unpaired) electrons. The summed E-state index contributed by atoms with van der Waals surface area (Å²) in [6, 6.07) is 7.47. The molecule has 0 saturated carbocycles. The van der Waals surface area contributed by atoms with E-state index in [1.54, 1.807) is 12.1 Å². The number of rotatable bonds is 3. The molecule has 100 valence electrons. The van der Waals surface area contributed by atoms with Crippen molar-refractivity contribution in [1.82, 2.24) is 4.90 Å². The summed E-state index contributed by atoms with van der Waals surface area (Å²) in [6.45, 7) is 0.713. The van der Waals surface area contributed by atoms with Crippen LogP contribution in [0.2, 0.25) is 0 Å². The third kappa shape index (κ3) is 2.38. The van der Waals surface area contributed by atoms with Gasteiger partial charge < -0.3 is 0 Å². The molecule has 0 N–H and O–H groups in total. The van der Waals surface area contributed by atoms with E-state index in [-0.39, 0.29) is 10.6 Å². The first kappa shape index (κ1) is 12.3. The summed E-state index contributed by atoms with van der Waals surface area (Å²) in [5.74, 6) is 0.364. The molecular weight excluding hydrogens is 244 g/mol. The molecule has 0 aliphatic carbocycles. The standard InChI is InChI=1S/C14H16N2O3/c17-14-7-11-4-5-12(8-14)15(11)9-10-2-1-3-13(6-10)16(18)19/h1-3,6,11-12H,4-5,7-9H2. The van der Waals surface area contributed by atoms with Crippen LogP contribution in [0.5, 0.6) is 0 Å². The van der Waals surface area contributed by atoms with Crippen LogP contribution < -0.4 is 0 Å². The monoisotopic (exact) mass is 260 g/mol. The summed E-state index contributed by atoms with van der Waals surface area (Å²) < 4.78 is 0. The number of nitrogens with zero attached hydrogens (tertiary/aromatic N) is 2. The number of hydrogen-bond donors (Lipinski definition) is 0. The lowest BCUT2D eigenvalue weighted by Crippen LogP contribution is -2.42. The highest BCUT2D eigenvalue weighted by molar-refractivity contribution is 5.80. The SMILES string of the molecule is O=C1CC2CCC(C1)N2Cc1cccc([N+](=O)[O-])c1. The molecule has 3 rings (SSSR count). The Kier molecular flexibility index (Phi) is 3.06. The third-order valence-electron chi connectivity index (χ3n) is 4.18. The molecular formula is C14H16N2O3. The molecule has 1 aromatic carbocycles. The van der Waals surface area contributed by atoms with Gasteiger partial charge >= 0.3 is 0 Å².